The molecule has 32 heteroatoms. The topological polar surface area (TPSA) is 513 Å². The van der Waals surface area contributed by atoms with Gasteiger partial charge in [-0.2, -0.15) is 0 Å². The number of phenols is 1. The third-order valence-electron chi connectivity index (χ3n) is 11.9. The highest BCUT2D eigenvalue weighted by Crippen LogP contribution is 2.26. The maximum absolute atomic E-state index is 14.6. The average Bonchev–Trinajstić information content (AvgIpc) is 3.89. The zero-order chi connectivity index (χ0) is 57.5. The monoisotopic (exact) mass is 1120 g/mol. The lowest BCUT2D eigenvalue weighted by molar-refractivity contribution is -0.142. The van der Waals surface area contributed by atoms with E-state index in [4.69, 9.17) is 39.9 Å². The molecule has 0 saturated carbocycles. The zero-order valence-electron chi connectivity index (χ0n) is 42.1. The van der Waals surface area contributed by atoms with Crippen LogP contribution in [0.15, 0.2) is 58.6 Å². The number of benzene rings is 2. The Morgan fingerprint density at radius 1 is 0.744 bits per heavy atom. The fourth-order valence-corrected chi connectivity index (χ4v) is 10.2. The summed E-state index contributed by atoms with van der Waals surface area (Å²) in [5, 5.41) is 31.0. The van der Waals surface area contributed by atoms with Crippen molar-refractivity contribution in [1.82, 2.24) is 42.1 Å². The zero-order valence-corrected chi connectivity index (χ0v) is 43.7. The average molecular weight is 1130 g/mol. The number of nitrogens with one attached hydrogen (secondary N) is 7. The molecule has 2 saturated heterocycles. The molecule has 0 aromatic heterocycles. The number of aromatic hydroxyl groups is 1. The summed E-state index contributed by atoms with van der Waals surface area (Å²) in [7, 11) is 1.95. The number of nitrogens with zero attached hydrogens (tertiary/aromatic N) is 5. The highest BCUT2D eigenvalue weighted by Gasteiger charge is 2.40. The number of likely N-dealkylation sites (tertiary alicyclic amines) is 1. The van der Waals surface area contributed by atoms with Crippen molar-refractivity contribution in [3.05, 3.63) is 70.1 Å². The van der Waals surface area contributed by atoms with Crippen molar-refractivity contribution in [1.29, 1.82) is 0 Å². The first-order valence-corrected chi connectivity index (χ1v) is 26.8. The van der Waals surface area contributed by atoms with Crippen molar-refractivity contribution in [2.45, 2.75) is 106 Å². The molecule has 2 unspecified atom stereocenters. The molecule has 78 heavy (non-hydrogen) atoms. The molecule has 2 aliphatic rings. The number of carbonyl (C=O) groups is 11. The van der Waals surface area contributed by atoms with Crippen LogP contribution in [-0.2, 0) is 65.6 Å². The number of rotatable bonds is 20. The van der Waals surface area contributed by atoms with Gasteiger partial charge in [-0.1, -0.05) is 63.1 Å². The standard InChI is InChI=1S/C46H64N18O12S2/c47-27-21-77-78-22-33(45(76)64-16-2-4-34(64)44(75)57-28(3-1-15-54-46(51)52)39(70)55-20-37(50)68)61-43(74)32(19-36(49)67)60-40(71)29(13-14-35(48)66)56-41(72)31(17-23-5-9-25(10-6-23)62-63-53)59-42(73)30(58-38(27)69)18-24-7-11-26(65)12-8-24/h5-12,27-34,65H,1-4,13-22,47H2,(H2,48,66)(H2,49,67)(H2,50,68)(H,55,70)(H,56,72)(H,57,75)(H,58,69)(H,59,73)(H,60,71)(H,61,74)(H4,51,52,54)/t27-,28-,29-,30?,31-,32?,33-,34-/m0/s1. The van der Waals surface area contributed by atoms with E-state index in [0.29, 0.717) is 11.1 Å². The molecule has 2 aliphatic heterocycles. The van der Waals surface area contributed by atoms with Crippen molar-refractivity contribution in [2.75, 3.05) is 31.1 Å². The predicted octanol–water partition coefficient (Wildman–Crippen LogP) is -4.46. The van der Waals surface area contributed by atoms with E-state index in [1.807, 2.05) is 0 Å². The van der Waals surface area contributed by atoms with Crippen LogP contribution in [0, 0.1) is 0 Å². The summed E-state index contributed by atoms with van der Waals surface area (Å²) in [6, 6.07) is -0.232. The van der Waals surface area contributed by atoms with Gasteiger partial charge in [0.1, 0.15) is 48.0 Å². The Labute approximate surface area is 454 Å². The number of phenolic OH excluding ortho intramolecular Hbond substituents is 1. The molecule has 20 N–H and O–H groups in total. The molecule has 0 aliphatic carbocycles. The van der Waals surface area contributed by atoms with Crippen molar-refractivity contribution in [2.24, 2.45) is 44.5 Å². The van der Waals surface area contributed by atoms with Gasteiger partial charge in [-0.3, -0.25) is 57.7 Å². The summed E-state index contributed by atoms with van der Waals surface area (Å²) in [5.74, 6) is -11.0. The first-order chi connectivity index (χ1) is 37.0. The van der Waals surface area contributed by atoms with E-state index in [0.717, 1.165) is 21.6 Å². The Kier molecular flexibility index (Phi) is 24.7. The number of hydrogen-bond donors (Lipinski definition) is 14. The summed E-state index contributed by atoms with van der Waals surface area (Å²) in [4.78, 5) is 157. The molecular formula is C46H64N18O12S2. The number of amides is 11. The highest BCUT2D eigenvalue weighted by molar-refractivity contribution is 8.76. The smallest absolute Gasteiger partial charge is 0.246 e. The molecular weight excluding hydrogens is 1060 g/mol. The van der Waals surface area contributed by atoms with E-state index in [9.17, 15) is 57.8 Å². The lowest BCUT2D eigenvalue weighted by atomic mass is 10.0. The van der Waals surface area contributed by atoms with Gasteiger partial charge >= 0.3 is 0 Å². The summed E-state index contributed by atoms with van der Waals surface area (Å²) in [5.41, 5.74) is 43.4. The first-order valence-electron chi connectivity index (χ1n) is 24.3. The second-order valence-electron chi connectivity index (χ2n) is 18.0. The van der Waals surface area contributed by atoms with Gasteiger partial charge in [-0.05, 0) is 60.9 Å². The number of nitrogens with two attached hydrogens (primary N) is 6. The maximum atomic E-state index is 14.6. The molecule has 0 radical (unpaired) electrons. The van der Waals surface area contributed by atoms with Crippen LogP contribution >= 0.6 is 21.6 Å². The van der Waals surface area contributed by atoms with Gasteiger partial charge in [0.15, 0.2) is 5.96 Å². The summed E-state index contributed by atoms with van der Waals surface area (Å²) in [6.45, 7) is -0.480. The van der Waals surface area contributed by atoms with E-state index in [1.165, 1.54) is 53.4 Å². The molecule has 2 heterocycles. The second kappa shape index (κ2) is 31.0. The number of hydrogen-bond acceptors (Lipinski definition) is 17. The van der Waals surface area contributed by atoms with Crippen LogP contribution in [-0.4, -0.2) is 160 Å². The SMILES string of the molecule is [N-]=[N+]=Nc1ccc(C[C@@H]2NC(=O)C(Cc3ccc(O)cc3)NC(=O)[C@@H](N)CSSC[C@@H](C(=O)N3CCC[C@H]3C(=O)N[C@@H](CCCN=C(N)N)C(=O)NCC(N)=O)NC(=O)C(CC(N)=O)NC(=O)[C@H](CCC(N)=O)NC2=O)cc1. The van der Waals surface area contributed by atoms with Gasteiger partial charge < -0.3 is 81.6 Å². The Morgan fingerprint density at radius 2 is 1.31 bits per heavy atom. The molecule has 2 aromatic rings. The van der Waals surface area contributed by atoms with E-state index in [1.54, 1.807) is 0 Å². The van der Waals surface area contributed by atoms with E-state index in [-0.39, 0.29) is 80.5 Å². The number of guanidine groups is 1. The van der Waals surface area contributed by atoms with Crippen molar-refractivity contribution >= 4 is 98.2 Å². The summed E-state index contributed by atoms with van der Waals surface area (Å²) in [6.07, 6.45) is -1.73. The Hall–Kier alpha value is -8.35. The largest absolute Gasteiger partial charge is 0.508 e. The summed E-state index contributed by atoms with van der Waals surface area (Å²) < 4.78 is 0. The molecule has 4 rings (SSSR count). The minimum Gasteiger partial charge on any atom is -0.508 e. The van der Waals surface area contributed by atoms with Gasteiger partial charge in [-0.25, -0.2) is 0 Å². The van der Waals surface area contributed by atoms with Crippen LogP contribution in [0.25, 0.3) is 10.4 Å². The fourth-order valence-electron chi connectivity index (χ4n) is 7.94. The lowest BCUT2D eigenvalue weighted by Gasteiger charge is -2.31. The minimum atomic E-state index is -1.83. The van der Waals surface area contributed by atoms with Crippen LogP contribution in [0.4, 0.5) is 5.69 Å². The molecule has 0 spiro atoms. The Bertz CT molecular complexity index is 2600. The first kappa shape index (κ1) is 62.2. The van der Waals surface area contributed by atoms with Crippen LogP contribution < -0.4 is 71.6 Å². The molecule has 2 fully saturated rings. The van der Waals surface area contributed by atoms with Gasteiger partial charge in [0.25, 0.3) is 0 Å². The van der Waals surface area contributed by atoms with Gasteiger partial charge in [0, 0.05) is 54.5 Å². The summed E-state index contributed by atoms with van der Waals surface area (Å²) >= 11 is 0. The van der Waals surface area contributed by atoms with Crippen molar-refractivity contribution < 1.29 is 57.8 Å². The Morgan fingerprint density at radius 3 is 1.90 bits per heavy atom. The van der Waals surface area contributed by atoms with Crippen molar-refractivity contribution in [3.8, 4) is 5.75 Å². The molecule has 422 valence electrons. The highest BCUT2D eigenvalue weighted by atomic mass is 33.1. The molecule has 11 amide bonds. The minimum absolute atomic E-state index is 0.0109. The van der Waals surface area contributed by atoms with E-state index in [2.05, 4.69) is 52.2 Å². The normalized spacial score (nSPS) is 22.0. The third-order valence-corrected chi connectivity index (χ3v) is 14.3. The second-order valence-corrected chi connectivity index (χ2v) is 20.5. The Balaban J connectivity index is 1.73. The van der Waals surface area contributed by atoms with Crippen LogP contribution in [0.2, 0.25) is 0 Å². The maximum Gasteiger partial charge on any atom is 0.246 e. The predicted molar refractivity (Wildman–Crippen MR) is 284 cm³/mol. The lowest BCUT2D eigenvalue weighted by Crippen LogP contribution is -2.61. The van der Waals surface area contributed by atoms with Gasteiger partial charge in [0.05, 0.1) is 19.0 Å². The van der Waals surface area contributed by atoms with Crippen LogP contribution in [0.1, 0.15) is 56.1 Å². The van der Waals surface area contributed by atoms with Crippen molar-refractivity contribution in [3.63, 3.8) is 0 Å². The number of primary amides is 3. The van der Waals surface area contributed by atoms with Gasteiger partial charge in [-0.15, -0.1) is 0 Å². The quantitative estimate of drug-likeness (QED) is 0.0113. The van der Waals surface area contributed by atoms with Crippen LogP contribution in [0.3, 0.4) is 0 Å². The van der Waals surface area contributed by atoms with Crippen LogP contribution in [0.5, 0.6) is 5.75 Å². The van der Waals surface area contributed by atoms with E-state index < -0.39 is 139 Å². The fraction of sp³-hybridized carbons (Fsp3) is 0.478. The van der Waals surface area contributed by atoms with Gasteiger partial charge in [0.2, 0.25) is 65.0 Å². The number of aliphatic imine (C=N–C) groups is 1. The molecule has 0 bridgehead atoms. The molecule has 2 aromatic carbocycles. The molecule has 30 nitrogen and oxygen atoms in total. The molecule has 8 atom stereocenters. The van der Waals surface area contributed by atoms with E-state index >= 15 is 0 Å². The number of azide groups is 1. The number of carbonyl (C=O) groups excluding carboxylic acids is 11. The third kappa shape index (κ3) is 20.6.